The Bertz CT molecular complexity index is 366. The molecule has 1 aromatic carbocycles. The van der Waals surface area contributed by atoms with Gasteiger partial charge in [0, 0.05) is 30.9 Å². The minimum atomic E-state index is 0.536. The Morgan fingerprint density at radius 2 is 1.86 bits per heavy atom. The number of nitrogens with one attached hydrogen (secondary N) is 2. The molecular weight excluding hydrogens is 260 g/mol. The van der Waals surface area contributed by atoms with Gasteiger partial charge in [-0.05, 0) is 18.6 Å². The number of unbranched alkanes of at least 4 members (excludes halogenated alkanes) is 4. The van der Waals surface area contributed by atoms with E-state index >= 15 is 0 Å². The lowest BCUT2D eigenvalue weighted by Crippen LogP contribution is -2.28. The Hall–Kier alpha value is -1.22. The lowest BCUT2D eigenvalue weighted by Gasteiger charge is -2.11. The molecule has 0 bridgehead atoms. The van der Waals surface area contributed by atoms with Gasteiger partial charge in [0.25, 0.3) is 0 Å². The largest absolute Gasteiger partial charge is 0.494 e. The van der Waals surface area contributed by atoms with Gasteiger partial charge in [0.15, 0.2) is 0 Å². The highest BCUT2D eigenvalue weighted by Gasteiger charge is 1.98. The van der Waals surface area contributed by atoms with Crippen molar-refractivity contribution in [3.63, 3.8) is 0 Å². The van der Waals surface area contributed by atoms with Crippen molar-refractivity contribution in [2.45, 2.75) is 58.9 Å². The van der Waals surface area contributed by atoms with Crippen LogP contribution in [0, 0.1) is 0 Å². The molecule has 3 heteroatoms. The summed E-state index contributed by atoms with van der Waals surface area (Å²) in [6.07, 6.45) is 6.37. The minimum absolute atomic E-state index is 0.536. The molecular formula is C18H32N2O. The van der Waals surface area contributed by atoms with Crippen molar-refractivity contribution >= 4 is 5.69 Å². The molecule has 0 aromatic heterocycles. The zero-order valence-corrected chi connectivity index (χ0v) is 14.0. The van der Waals surface area contributed by atoms with Gasteiger partial charge in [-0.15, -0.1) is 0 Å². The molecule has 0 saturated carbocycles. The highest BCUT2D eigenvalue weighted by Crippen LogP contribution is 2.17. The summed E-state index contributed by atoms with van der Waals surface area (Å²) in [5.74, 6) is 0.965. The topological polar surface area (TPSA) is 33.3 Å². The van der Waals surface area contributed by atoms with E-state index < -0.39 is 0 Å². The van der Waals surface area contributed by atoms with Crippen LogP contribution in [0.25, 0.3) is 0 Å². The maximum atomic E-state index is 5.82. The summed E-state index contributed by atoms with van der Waals surface area (Å²) in [4.78, 5) is 0. The second-order valence-electron chi connectivity index (χ2n) is 5.83. The second kappa shape index (κ2) is 11.4. The summed E-state index contributed by atoms with van der Waals surface area (Å²) < 4.78 is 5.82. The quantitative estimate of drug-likeness (QED) is 0.559. The summed E-state index contributed by atoms with van der Waals surface area (Å²) in [6, 6.07) is 8.79. The van der Waals surface area contributed by atoms with E-state index in [-0.39, 0.29) is 0 Å². The lowest BCUT2D eigenvalue weighted by molar-refractivity contribution is 0.304. The molecule has 0 aliphatic heterocycles. The number of hydrogen-bond donors (Lipinski definition) is 2. The Morgan fingerprint density at radius 1 is 1.05 bits per heavy atom. The zero-order valence-electron chi connectivity index (χ0n) is 14.0. The average Bonchev–Trinajstić information content (AvgIpc) is 2.47. The van der Waals surface area contributed by atoms with Crippen molar-refractivity contribution in [3.8, 4) is 5.75 Å². The van der Waals surface area contributed by atoms with Crippen molar-refractivity contribution in [1.82, 2.24) is 5.32 Å². The van der Waals surface area contributed by atoms with Gasteiger partial charge in [0.1, 0.15) is 5.75 Å². The monoisotopic (exact) mass is 292 g/mol. The summed E-state index contributed by atoms with van der Waals surface area (Å²) in [5.41, 5.74) is 1.13. The number of hydrogen-bond acceptors (Lipinski definition) is 3. The predicted octanol–water partition coefficient (Wildman–Crippen LogP) is 4.45. The lowest BCUT2D eigenvalue weighted by atomic mass is 10.2. The van der Waals surface area contributed by atoms with Gasteiger partial charge in [-0.25, -0.2) is 0 Å². The van der Waals surface area contributed by atoms with E-state index in [0.717, 1.165) is 37.6 Å². The van der Waals surface area contributed by atoms with Gasteiger partial charge in [-0.1, -0.05) is 52.5 Å². The molecule has 0 aliphatic carbocycles. The molecule has 0 fully saturated rings. The summed E-state index contributed by atoms with van der Waals surface area (Å²) in [5, 5.41) is 6.81. The SMILES string of the molecule is CCCCCCCOc1cccc(NCCNC(C)C)c1. The fourth-order valence-corrected chi connectivity index (χ4v) is 2.16. The van der Waals surface area contributed by atoms with Crippen LogP contribution in [-0.2, 0) is 0 Å². The van der Waals surface area contributed by atoms with Crippen LogP contribution in [-0.4, -0.2) is 25.7 Å². The van der Waals surface area contributed by atoms with E-state index in [1.165, 1.54) is 25.7 Å². The molecule has 0 spiro atoms. The standard InChI is InChI=1S/C18H32N2O/c1-4-5-6-7-8-14-21-18-11-9-10-17(15-18)20-13-12-19-16(2)3/h9-11,15-16,19-20H,4-8,12-14H2,1-3H3. The molecule has 0 saturated heterocycles. The van der Waals surface area contributed by atoms with Crippen molar-refractivity contribution in [2.24, 2.45) is 0 Å². The minimum Gasteiger partial charge on any atom is -0.494 e. The van der Waals surface area contributed by atoms with Crippen molar-refractivity contribution in [3.05, 3.63) is 24.3 Å². The number of ether oxygens (including phenoxy) is 1. The van der Waals surface area contributed by atoms with Crippen LogP contribution in [0.2, 0.25) is 0 Å². The van der Waals surface area contributed by atoms with E-state index in [1.54, 1.807) is 0 Å². The maximum absolute atomic E-state index is 5.82. The first-order chi connectivity index (χ1) is 10.2. The number of rotatable bonds is 12. The van der Waals surface area contributed by atoms with Crippen LogP contribution in [0.15, 0.2) is 24.3 Å². The summed E-state index contributed by atoms with van der Waals surface area (Å²) in [7, 11) is 0. The van der Waals surface area contributed by atoms with Crippen LogP contribution in [0.3, 0.4) is 0 Å². The van der Waals surface area contributed by atoms with Crippen LogP contribution < -0.4 is 15.4 Å². The van der Waals surface area contributed by atoms with Gasteiger partial charge in [0.2, 0.25) is 0 Å². The molecule has 0 heterocycles. The maximum Gasteiger partial charge on any atom is 0.121 e. The van der Waals surface area contributed by atoms with Crippen LogP contribution in [0.1, 0.15) is 52.9 Å². The van der Waals surface area contributed by atoms with Gasteiger partial charge in [-0.2, -0.15) is 0 Å². The molecule has 1 aromatic rings. The number of benzene rings is 1. The highest BCUT2D eigenvalue weighted by atomic mass is 16.5. The Balaban J connectivity index is 2.19. The Morgan fingerprint density at radius 3 is 2.62 bits per heavy atom. The van der Waals surface area contributed by atoms with E-state index in [9.17, 15) is 0 Å². The zero-order chi connectivity index (χ0) is 15.3. The third kappa shape index (κ3) is 9.35. The molecule has 0 aliphatic rings. The van der Waals surface area contributed by atoms with Gasteiger partial charge >= 0.3 is 0 Å². The Labute approximate surface area is 130 Å². The van der Waals surface area contributed by atoms with Crippen molar-refractivity contribution < 1.29 is 4.74 Å². The first-order valence-corrected chi connectivity index (χ1v) is 8.42. The molecule has 1 rings (SSSR count). The highest BCUT2D eigenvalue weighted by molar-refractivity contribution is 5.48. The Kier molecular flexibility index (Phi) is 9.71. The third-order valence-corrected chi connectivity index (χ3v) is 3.36. The van der Waals surface area contributed by atoms with Gasteiger partial charge in [-0.3, -0.25) is 0 Å². The summed E-state index contributed by atoms with van der Waals surface area (Å²) in [6.45, 7) is 9.29. The fraction of sp³-hybridized carbons (Fsp3) is 0.667. The van der Waals surface area contributed by atoms with Gasteiger partial charge < -0.3 is 15.4 Å². The van der Waals surface area contributed by atoms with Crippen LogP contribution >= 0.6 is 0 Å². The average molecular weight is 292 g/mol. The summed E-state index contributed by atoms with van der Waals surface area (Å²) >= 11 is 0. The van der Waals surface area contributed by atoms with Crippen LogP contribution in [0.5, 0.6) is 5.75 Å². The number of anilines is 1. The van der Waals surface area contributed by atoms with Crippen molar-refractivity contribution in [2.75, 3.05) is 25.0 Å². The molecule has 0 atom stereocenters. The predicted molar refractivity (Wildman–Crippen MR) is 92.3 cm³/mol. The fourth-order valence-electron chi connectivity index (χ4n) is 2.16. The first kappa shape index (κ1) is 17.8. The van der Waals surface area contributed by atoms with Crippen molar-refractivity contribution in [1.29, 1.82) is 0 Å². The second-order valence-corrected chi connectivity index (χ2v) is 5.83. The molecule has 0 amide bonds. The molecule has 0 radical (unpaired) electrons. The molecule has 0 unspecified atom stereocenters. The molecule has 120 valence electrons. The van der Waals surface area contributed by atoms with E-state index in [2.05, 4.69) is 43.5 Å². The van der Waals surface area contributed by atoms with Gasteiger partial charge in [0.05, 0.1) is 6.61 Å². The molecule has 2 N–H and O–H groups in total. The normalized spacial score (nSPS) is 10.9. The third-order valence-electron chi connectivity index (χ3n) is 3.36. The van der Waals surface area contributed by atoms with Crippen LogP contribution in [0.4, 0.5) is 5.69 Å². The van der Waals surface area contributed by atoms with E-state index in [1.807, 2.05) is 12.1 Å². The van der Waals surface area contributed by atoms with E-state index in [4.69, 9.17) is 4.74 Å². The molecule has 21 heavy (non-hydrogen) atoms. The van der Waals surface area contributed by atoms with E-state index in [0.29, 0.717) is 6.04 Å². The smallest absolute Gasteiger partial charge is 0.121 e. The first-order valence-electron chi connectivity index (χ1n) is 8.42. The molecule has 3 nitrogen and oxygen atoms in total.